The zero-order chi connectivity index (χ0) is 14.8. The molecule has 0 spiro atoms. The minimum Gasteiger partial charge on any atom is -0.345 e. The molecule has 3 aromatic rings. The molecule has 6 heteroatoms. The normalized spacial score (nSPS) is 10.8. The number of para-hydroxylation sites is 1. The molecule has 0 aliphatic rings. The zero-order valence-corrected chi connectivity index (χ0v) is 11.6. The van der Waals surface area contributed by atoms with Crippen LogP contribution in [-0.2, 0) is 6.54 Å². The molecule has 0 saturated heterocycles. The maximum absolute atomic E-state index is 13.5. The molecule has 21 heavy (non-hydrogen) atoms. The van der Waals surface area contributed by atoms with Crippen LogP contribution in [0.3, 0.4) is 0 Å². The van der Waals surface area contributed by atoms with Crippen molar-refractivity contribution in [2.75, 3.05) is 0 Å². The molecule has 1 aromatic heterocycles. The van der Waals surface area contributed by atoms with Crippen LogP contribution in [0.15, 0.2) is 42.5 Å². The minimum absolute atomic E-state index is 0.183. The van der Waals surface area contributed by atoms with Gasteiger partial charge in [0.05, 0.1) is 22.3 Å². The van der Waals surface area contributed by atoms with Crippen LogP contribution in [0.4, 0.5) is 8.78 Å². The lowest BCUT2D eigenvalue weighted by Gasteiger charge is -2.04. The topological polar surface area (TPSA) is 42.0 Å². The van der Waals surface area contributed by atoms with E-state index >= 15 is 0 Å². The summed E-state index contributed by atoms with van der Waals surface area (Å²) in [6, 6.07) is 10.5. The van der Waals surface area contributed by atoms with E-state index in [0.29, 0.717) is 6.07 Å². The third kappa shape index (κ3) is 2.90. The average molecular weight is 304 g/mol. The average Bonchev–Trinajstić information content (AvgIpc) is 2.87. The van der Waals surface area contributed by atoms with E-state index in [2.05, 4.69) is 10.3 Å². The van der Waals surface area contributed by atoms with Gasteiger partial charge in [0.1, 0.15) is 16.6 Å². The first-order valence-corrected chi connectivity index (χ1v) is 7.03. The maximum Gasteiger partial charge on any atom is 0.254 e. The number of halogens is 2. The molecule has 3 rings (SSSR count). The maximum atomic E-state index is 13.5. The van der Waals surface area contributed by atoms with Gasteiger partial charge < -0.3 is 5.32 Å². The zero-order valence-electron chi connectivity index (χ0n) is 10.8. The Hall–Kier alpha value is -2.34. The van der Waals surface area contributed by atoms with Crippen molar-refractivity contribution in [1.82, 2.24) is 10.3 Å². The van der Waals surface area contributed by atoms with Crippen LogP contribution in [0.1, 0.15) is 15.4 Å². The van der Waals surface area contributed by atoms with Crippen LogP contribution in [0.5, 0.6) is 0 Å². The smallest absolute Gasteiger partial charge is 0.254 e. The highest BCUT2D eigenvalue weighted by atomic mass is 32.1. The van der Waals surface area contributed by atoms with Crippen molar-refractivity contribution in [3.05, 3.63) is 64.7 Å². The number of hydrogen-bond donors (Lipinski definition) is 1. The largest absolute Gasteiger partial charge is 0.345 e. The van der Waals surface area contributed by atoms with E-state index in [0.717, 1.165) is 27.4 Å². The second-order valence-electron chi connectivity index (χ2n) is 4.38. The van der Waals surface area contributed by atoms with E-state index in [1.807, 2.05) is 24.3 Å². The van der Waals surface area contributed by atoms with Crippen molar-refractivity contribution in [3.8, 4) is 0 Å². The van der Waals surface area contributed by atoms with E-state index in [-0.39, 0.29) is 12.1 Å². The summed E-state index contributed by atoms with van der Waals surface area (Å²) in [5.74, 6) is -2.18. The minimum atomic E-state index is -0.878. The SMILES string of the molecule is O=C(NCc1nc2ccccc2s1)c1ccc(F)cc1F. The van der Waals surface area contributed by atoms with Crippen molar-refractivity contribution in [1.29, 1.82) is 0 Å². The Bertz CT molecular complexity index is 783. The molecule has 1 N–H and O–H groups in total. The first kappa shape index (κ1) is 13.6. The van der Waals surface area contributed by atoms with Gasteiger partial charge in [0.15, 0.2) is 0 Å². The van der Waals surface area contributed by atoms with Crippen LogP contribution in [0.2, 0.25) is 0 Å². The standard InChI is InChI=1S/C15H10F2N2OS/c16-9-5-6-10(11(17)7-9)15(20)18-8-14-19-12-3-1-2-4-13(12)21-14/h1-7H,8H2,(H,18,20). The number of thiazole rings is 1. The molecule has 0 saturated carbocycles. The molecule has 0 unspecified atom stereocenters. The van der Waals surface area contributed by atoms with Gasteiger partial charge in [-0.05, 0) is 24.3 Å². The van der Waals surface area contributed by atoms with Crippen LogP contribution in [0.25, 0.3) is 10.2 Å². The predicted octanol–water partition coefficient (Wildman–Crippen LogP) is 3.50. The van der Waals surface area contributed by atoms with Crippen molar-refractivity contribution >= 4 is 27.5 Å². The van der Waals surface area contributed by atoms with Crippen LogP contribution < -0.4 is 5.32 Å². The van der Waals surface area contributed by atoms with E-state index in [4.69, 9.17) is 0 Å². The molecule has 0 radical (unpaired) electrons. The Morgan fingerprint density at radius 3 is 2.76 bits per heavy atom. The number of fused-ring (bicyclic) bond motifs is 1. The Balaban J connectivity index is 1.73. The number of nitrogens with one attached hydrogen (secondary N) is 1. The van der Waals surface area contributed by atoms with Gasteiger partial charge in [0, 0.05) is 6.07 Å². The number of rotatable bonds is 3. The number of hydrogen-bond acceptors (Lipinski definition) is 3. The van der Waals surface area contributed by atoms with Crippen LogP contribution in [0, 0.1) is 11.6 Å². The van der Waals surface area contributed by atoms with Gasteiger partial charge >= 0.3 is 0 Å². The van der Waals surface area contributed by atoms with Crippen molar-refractivity contribution < 1.29 is 13.6 Å². The first-order valence-electron chi connectivity index (χ1n) is 6.21. The number of amides is 1. The second kappa shape index (κ2) is 5.57. The number of nitrogens with zero attached hydrogens (tertiary/aromatic N) is 1. The van der Waals surface area contributed by atoms with Gasteiger partial charge in [-0.15, -0.1) is 11.3 Å². The van der Waals surface area contributed by atoms with Gasteiger partial charge in [-0.2, -0.15) is 0 Å². The van der Waals surface area contributed by atoms with Crippen LogP contribution in [-0.4, -0.2) is 10.9 Å². The summed E-state index contributed by atoms with van der Waals surface area (Å²) in [5, 5.41) is 3.31. The molecule has 0 atom stereocenters. The fraction of sp³-hybridized carbons (Fsp3) is 0.0667. The Morgan fingerprint density at radius 1 is 1.19 bits per heavy atom. The van der Waals surface area contributed by atoms with Gasteiger partial charge in [0.2, 0.25) is 0 Å². The molecule has 106 valence electrons. The van der Waals surface area contributed by atoms with Gasteiger partial charge in [-0.25, -0.2) is 13.8 Å². The molecule has 1 heterocycles. The monoisotopic (exact) mass is 304 g/mol. The summed E-state index contributed by atoms with van der Waals surface area (Å²) in [6.07, 6.45) is 0. The Morgan fingerprint density at radius 2 is 2.00 bits per heavy atom. The lowest BCUT2D eigenvalue weighted by atomic mass is 10.2. The molecule has 0 fully saturated rings. The molecule has 0 aliphatic carbocycles. The summed E-state index contributed by atoms with van der Waals surface area (Å²) in [5.41, 5.74) is 0.678. The van der Waals surface area contributed by atoms with E-state index in [1.54, 1.807) is 0 Å². The lowest BCUT2D eigenvalue weighted by molar-refractivity contribution is 0.0947. The molecule has 1 amide bonds. The molecule has 0 aliphatic heterocycles. The van der Waals surface area contributed by atoms with Crippen molar-refractivity contribution in [2.24, 2.45) is 0 Å². The van der Waals surface area contributed by atoms with Gasteiger partial charge in [-0.1, -0.05) is 12.1 Å². The number of carbonyl (C=O) groups excluding carboxylic acids is 1. The third-order valence-corrected chi connectivity index (χ3v) is 3.95. The summed E-state index contributed by atoms with van der Waals surface area (Å²) in [6.45, 7) is 0.203. The molecular formula is C15H10F2N2OS. The quantitative estimate of drug-likeness (QED) is 0.804. The van der Waals surface area contributed by atoms with E-state index in [1.165, 1.54) is 11.3 Å². The number of carbonyl (C=O) groups is 1. The Kier molecular flexibility index (Phi) is 3.62. The first-order chi connectivity index (χ1) is 10.1. The lowest BCUT2D eigenvalue weighted by Crippen LogP contribution is -2.23. The molecule has 2 aromatic carbocycles. The number of aromatic nitrogens is 1. The highest BCUT2D eigenvalue weighted by Crippen LogP contribution is 2.21. The second-order valence-corrected chi connectivity index (χ2v) is 5.50. The fourth-order valence-electron chi connectivity index (χ4n) is 1.92. The van der Waals surface area contributed by atoms with Crippen LogP contribution >= 0.6 is 11.3 Å². The number of benzene rings is 2. The summed E-state index contributed by atoms with van der Waals surface area (Å²) < 4.78 is 27.3. The third-order valence-electron chi connectivity index (χ3n) is 2.91. The van der Waals surface area contributed by atoms with Gasteiger partial charge in [0.25, 0.3) is 5.91 Å². The summed E-state index contributed by atoms with van der Waals surface area (Å²) in [7, 11) is 0. The molecule has 3 nitrogen and oxygen atoms in total. The van der Waals surface area contributed by atoms with Gasteiger partial charge in [-0.3, -0.25) is 4.79 Å². The van der Waals surface area contributed by atoms with E-state index in [9.17, 15) is 13.6 Å². The van der Waals surface area contributed by atoms with E-state index < -0.39 is 17.5 Å². The van der Waals surface area contributed by atoms with Crippen molar-refractivity contribution in [2.45, 2.75) is 6.54 Å². The molecule has 0 bridgehead atoms. The highest BCUT2D eigenvalue weighted by Gasteiger charge is 2.13. The fourth-order valence-corrected chi connectivity index (χ4v) is 2.83. The van der Waals surface area contributed by atoms with Crippen molar-refractivity contribution in [3.63, 3.8) is 0 Å². The predicted molar refractivity (Wildman–Crippen MR) is 77.1 cm³/mol. The Labute approximate surface area is 123 Å². The summed E-state index contributed by atoms with van der Waals surface area (Å²) >= 11 is 1.46. The summed E-state index contributed by atoms with van der Waals surface area (Å²) in [4.78, 5) is 16.2. The molecular weight excluding hydrogens is 294 g/mol. The highest BCUT2D eigenvalue weighted by molar-refractivity contribution is 7.18.